The van der Waals surface area contributed by atoms with E-state index in [0.29, 0.717) is 21.3 Å². The zero-order chi connectivity index (χ0) is 71.2. The molecular formula is C38H55Na9O49S7. The van der Waals surface area contributed by atoms with Crippen LogP contribution in [0.5, 0.6) is 0 Å². The molecule has 49 nitrogen and oxygen atoms in total. The van der Waals surface area contributed by atoms with E-state index in [1.165, 1.54) is 0 Å². The van der Waals surface area contributed by atoms with Gasteiger partial charge in [-0.3, -0.25) is 29.3 Å². The van der Waals surface area contributed by atoms with Gasteiger partial charge in [-0.25, -0.2) is 58.9 Å². The predicted octanol–water partition coefficient (Wildman–Crippen LogP) is -39.7. The van der Waals surface area contributed by atoms with Gasteiger partial charge < -0.3 is 132 Å². The average Bonchev–Trinajstić information content (AvgIpc) is 0.762. The molecule has 5 aliphatic heterocycles. The molecule has 552 valence electrons. The molecule has 0 aromatic rings. The Bertz CT molecular complexity index is 3380. The van der Waals surface area contributed by atoms with Gasteiger partial charge in [-0.1, -0.05) is 0 Å². The molecular weight excluding hydrogens is 1670 g/mol. The minimum Gasteiger partial charge on any atom is -0.726 e. The molecule has 5 rings (SSSR count). The Morgan fingerprint density at radius 1 is 0.262 bits per heavy atom. The number of rotatable bonds is 35. The Morgan fingerprint density at radius 2 is 0.476 bits per heavy atom. The SMILES string of the molecule is CO[C@H]1O[C@H](COS(=O)(=O)[O-])[C@@H](O[C@H]2O[C@@H](C(=O)[O-])[C@@H](O[C@H]3O[C@H](COS(=O)(=O)[O-])[C@@H](O[C@@H]4O[C@H](C(=O)[O-])[C@@H](O[C@H]5O[C@H](COS(=O)(=O)[O-])[C@@H](OC)[C@H](OC)[C@H]5OC)[C@H](OC)[C@H]4OC)[C@H](OS(=O)(=O)[O-])[C@H]3OS(=O)(=O)[O-])[C@H](OC)[C@H]2OC)[C@H](OS(=O)(=O)[O-])[C@H]1OS(=O)(=O)[O-].[Na+].[Na+].[Na+].[Na+].[Na+].[Na+].[Na+].[Na+].[Na+]. The molecule has 0 aromatic heterocycles. The Labute approximate surface area is 788 Å². The van der Waals surface area contributed by atoms with E-state index in [1.54, 1.807) is 0 Å². The molecule has 0 radical (unpaired) electrons. The van der Waals surface area contributed by atoms with Crippen molar-refractivity contribution in [1.82, 2.24) is 0 Å². The maximum absolute atomic E-state index is 13.2. The summed E-state index contributed by atoms with van der Waals surface area (Å²) in [5.41, 5.74) is 0. The van der Waals surface area contributed by atoms with Gasteiger partial charge in [0.05, 0.1) is 31.8 Å². The van der Waals surface area contributed by atoms with E-state index in [0.717, 1.165) is 35.5 Å². The summed E-state index contributed by atoms with van der Waals surface area (Å²) >= 11 is 0. The first-order chi connectivity index (χ1) is 43.2. The number of hydrogen-bond donors (Lipinski definition) is 0. The van der Waals surface area contributed by atoms with E-state index in [-0.39, 0.29) is 266 Å². The summed E-state index contributed by atoms with van der Waals surface area (Å²) in [4.78, 5) is 26.2. The molecule has 0 bridgehead atoms. The maximum Gasteiger partial charge on any atom is 1.00 e. The van der Waals surface area contributed by atoms with Crippen molar-refractivity contribution in [2.24, 2.45) is 0 Å². The third-order valence-corrected chi connectivity index (χ3v) is 16.7. The van der Waals surface area contributed by atoms with Crippen molar-refractivity contribution in [1.29, 1.82) is 0 Å². The molecule has 5 aliphatic rings. The minimum absolute atomic E-state index is 0. The monoisotopic (exact) mass is 1730 g/mol. The van der Waals surface area contributed by atoms with Crippen LogP contribution in [-0.2, 0) is 192 Å². The van der Waals surface area contributed by atoms with Gasteiger partial charge in [-0.2, -0.15) is 0 Å². The van der Waals surface area contributed by atoms with Crippen molar-refractivity contribution in [2.75, 3.05) is 76.7 Å². The van der Waals surface area contributed by atoms with Gasteiger partial charge in [0.25, 0.3) is 0 Å². The van der Waals surface area contributed by atoms with Gasteiger partial charge in [-0.05, 0) is 0 Å². The smallest absolute Gasteiger partial charge is 0.726 e. The van der Waals surface area contributed by atoms with Crippen LogP contribution in [0.1, 0.15) is 0 Å². The first kappa shape index (κ1) is 118. The number of carbonyl (C=O) groups excluding carboxylic acids is 2. The molecule has 65 heteroatoms. The first-order valence-electron chi connectivity index (χ1n) is 25.2. The van der Waals surface area contributed by atoms with Crippen LogP contribution in [0, 0.1) is 0 Å². The molecule has 0 spiro atoms. The molecule has 103 heavy (non-hydrogen) atoms. The van der Waals surface area contributed by atoms with E-state index < -0.39 is 258 Å². The van der Waals surface area contributed by atoms with Crippen LogP contribution in [0.25, 0.3) is 0 Å². The van der Waals surface area contributed by atoms with E-state index in [2.05, 4.69) is 29.3 Å². The van der Waals surface area contributed by atoms with Crippen LogP contribution < -0.4 is 276 Å². The van der Waals surface area contributed by atoms with Crippen LogP contribution in [0.15, 0.2) is 0 Å². The van der Waals surface area contributed by atoms with E-state index in [9.17, 15) is 111 Å². The number of aliphatic carboxylic acids is 2. The second kappa shape index (κ2) is 51.1. The standard InChI is InChI=1S/C38H64O49S7.9Na/c1-64-15-12(9-72-88(43,44)45)76-35(27(68-5)18(15)65-2)80-21-19(66-3)28(69-6)37(82-25(21)32(39)40)79-17-14(11-74-90(49,50)51)77-38(31(87-94(61,62)63)24(17)85-92(55,56)57)81-22-20(67-4)29(70-7)36(83-26(22)33(41)42)78-16-13(10-73-89(46,47)48)75-34(71-8)30(86-93(58,59)60)23(16)84-91(52,53)54;;;;;;;;;/h12-31,34-38H,9-11H2,1-8H3,(H,39,40)(H,41,42)(H,43,44,45)(H,46,47,48)(H,49,50,51)(H,52,53,54)(H,55,56,57)(H,58,59,60)(H,61,62,63);;;;;;;;;/q;9*+1/p-9/t12-,13-,14-,15-,16-,17-,18+,19+,20+,21+,22+,23+,24+,25+,26-,27-,28-,29-,30-,31-,34+,35-,36+,37-,38-;;;;;;;;;/m1........./s1. The number of carboxylic acids is 2. The molecule has 0 N–H and O–H groups in total. The number of carbonyl (C=O) groups is 2. The number of methoxy groups -OCH3 is 8. The van der Waals surface area contributed by atoms with Gasteiger partial charge in [0, 0.05) is 56.9 Å². The first-order valence-corrected chi connectivity index (χ1v) is 34.5. The molecule has 0 amide bonds. The van der Waals surface area contributed by atoms with Crippen molar-refractivity contribution in [3.8, 4) is 0 Å². The van der Waals surface area contributed by atoms with E-state index in [1.807, 2.05) is 0 Å². The summed E-state index contributed by atoms with van der Waals surface area (Å²) in [6.45, 7) is -4.69. The number of carboxylic acid groups (broad SMARTS) is 2. The van der Waals surface area contributed by atoms with Gasteiger partial charge in [0.15, 0.2) is 43.7 Å². The van der Waals surface area contributed by atoms with Crippen LogP contribution in [0.4, 0.5) is 0 Å². The van der Waals surface area contributed by atoms with Gasteiger partial charge >= 0.3 is 266 Å². The fraction of sp³-hybridized carbons (Fsp3) is 0.947. The topological polar surface area (TPSA) is 702 Å². The molecule has 0 unspecified atom stereocenters. The van der Waals surface area contributed by atoms with Gasteiger partial charge in [-0.15, -0.1) is 0 Å². The van der Waals surface area contributed by atoms with Gasteiger partial charge in [0.1, 0.15) is 110 Å². The van der Waals surface area contributed by atoms with Crippen molar-refractivity contribution in [3.63, 3.8) is 0 Å². The second-order valence-corrected chi connectivity index (χ2v) is 26.3. The predicted molar refractivity (Wildman–Crippen MR) is 261 cm³/mol. The summed E-state index contributed by atoms with van der Waals surface area (Å²) in [5.74, 6) is -4.89. The quantitative estimate of drug-likeness (QED) is 0.0323. The normalized spacial score (nSPS) is 34.3. The van der Waals surface area contributed by atoms with Crippen molar-refractivity contribution >= 4 is 84.7 Å². The fourth-order valence-electron chi connectivity index (χ4n) is 10.2. The molecule has 0 aliphatic carbocycles. The summed E-state index contributed by atoms with van der Waals surface area (Å²) < 4.78 is 377. The molecule has 5 heterocycles. The van der Waals surface area contributed by atoms with Crippen LogP contribution >= 0.6 is 0 Å². The molecule has 5 saturated heterocycles. The maximum atomic E-state index is 13.2. The largest absolute Gasteiger partial charge is 1.00 e. The minimum atomic E-state index is -6.52. The Morgan fingerprint density at radius 3 is 0.718 bits per heavy atom. The molecule has 0 aromatic carbocycles. The molecule has 5 fully saturated rings. The zero-order valence-electron chi connectivity index (χ0n) is 57.4. The Balaban J connectivity index is -0.00000356. The van der Waals surface area contributed by atoms with E-state index in [4.69, 9.17) is 80.5 Å². The average molecular weight is 1730 g/mol. The number of hydrogen-bond acceptors (Lipinski definition) is 49. The summed E-state index contributed by atoms with van der Waals surface area (Å²) in [5, 5.41) is 26.2. The third kappa shape index (κ3) is 36.1. The molecule has 0 saturated carbocycles. The second-order valence-electron chi connectivity index (χ2n) is 19.1. The van der Waals surface area contributed by atoms with Crippen LogP contribution in [0.2, 0.25) is 0 Å². The van der Waals surface area contributed by atoms with E-state index >= 15 is 0 Å². The van der Waals surface area contributed by atoms with Gasteiger partial charge in [0.2, 0.25) is 72.8 Å². The summed E-state index contributed by atoms with van der Waals surface area (Å²) in [6.07, 6.45) is -61.9. The Kier molecular flexibility index (Phi) is 58.5. The van der Waals surface area contributed by atoms with Crippen molar-refractivity contribution < 1.29 is 486 Å². The number of ether oxygens (including phenoxy) is 17. The van der Waals surface area contributed by atoms with Crippen molar-refractivity contribution in [3.05, 3.63) is 0 Å². The Hall–Kier alpha value is 6.35. The van der Waals surface area contributed by atoms with Crippen LogP contribution in [0.3, 0.4) is 0 Å². The van der Waals surface area contributed by atoms with Crippen LogP contribution in [-0.4, -0.2) is 333 Å². The van der Waals surface area contributed by atoms with Crippen molar-refractivity contribution in [2.45, 2.75) is 154 Å². The summed E-state index contributed by atoms with van der Waals surface area (Å²) in [6, 6.07) is 0. The summed E-state index contributed by atoms with van der Waals surface area (Å²) in [7, 11) is -36.0. The molecule has 25 atom stereocenters. The zero-order valence-corrected chi connectivity index (χ0v) is 81.1. The fourth-order valence-corrected chi connectivity index (χ4v) is 13.0. The third-order valence-electron chi connectivity index (χ3n) is 13.6.